The van der Waals surface area contributed by atoms with Crippen molar-refractivity contribution in [3.05, 3.63) is 59.3 Å². The van der Waals surface area contributed by atoms with Gasteiger partial charge < -0.3 is 0 Å². The van der Waals surface area contributed by atoms with Gasteiger partial charge in [-0.05, 0) is 71.8 Å². The highest BCUT2D eigenvalue weighted by atomic mass is 16.2. The Labute approximate surface area is 174 Å². The third kappa shape index (κ3) is 3.43. The van der Waals surface area contributed by atoms with Crippen molar-refractivity contribution in [3.8, 4) is 0 Å². The van der Waals surface area contributed by atoms with Gasteiger partial charge in [0.1, 0.15) is 5.82 Å². The molecule has 0 unspecified atom stereocenters. The van der Waals surface area contributed by atoms with E-state index in [9.17, 15) is 4.79 Å². The van der Waals surface area contributed by atoms with Gasteiger partial charge in [0.15, 0.2) is 0 Å². The number of aromatic nitrogens is 1. The van der Waals surface area contributed by atoms with Crippen LogP contribution >= 0.6 is 0 Å². The summed E-state index contributed by atoms with van der Waals surface area (Å²) in [5.41, 5.74) is 10.0. The second-order valence-corrected chi connectivity index (χ2v) is 9.65. The van der Waals surface area contributed by atoms with Crippen LogP contribution in [0.1, 0.15) is 76.0 Å². The largest absolute Gasteiger partial charge is 0.282 e. The smallest absolute Gasteiger partial charge is 0.244 e. The number of hydrazine groups is 1. The number of nitrogens with one attached hydrogen (secondary N) is 2. The zero-order chi connectivity index (χ0) is 20.6. The minimum atomic E-state index is -0.386. The first-order valence-corrected chi connectivity index (χ1v) is 11.0. The van der Waals surface area contributed by atoms with Gasteiger partial charge in [-0.25, -0.2) is 4.98 Å². The predicted molar refractivity (Wildman–Crippen MR) is 118 cm³/mol. The summed E-state index contributed by atoms with van der Waals surface area (Å²) < 4.78 is 0. The van der Waals surface area contributed by atoms with Crippen molar-refractivity contribution in [2.24, 2.45) is 11.3 Å². The number of hydrogen-bond acceptors (Lipinski definition) is 3. The Balaban J connectivity index is 1.60. The fraction of sp³-hybridized carbons (Fsp3) is 0.520. The summed E-state index contributed by atoms with van der Waals surface area (Å²) in [6, 6.07) is 12.7. The molecule has 0 spiro atoms. The third-order valence-electron chi connectivity index (χ3n) is 7.53. The summed E-state index contributed by atoms with van der Waals surface area (Å²) >= 11 is 0. The van der Waals surface area contributed by atoms with Gasteiger partial charge in [-0.1, -0.05) is 58.4 Å². The molecular weight excluding hydrogens is 358 g/mol. The lowest BCUT2D eigenvalue weighted by Gasteiger charge is -2.54. The number of amides is 1. The minimum Gasteiger partial charge on any atom is -0.282 e. The molecule has 1 saturated carbocycles. The summed E-state index contributed by atoms with van der Waals surface area (Å²) in [5.74, 6) is 1.64. The Morgan fingerprint density at radius 3 is 2.72 bits per heavy atom. The van der Waals surface area contributed by atoms with Gasteiger partial charge >= 0.3 is 0 Å². The molecule has 0 radical (unpaired) electrons. The highest BCUT2D eigenvalue weighted by Crippen LogP contribution is 2.57. The van der Waals surface area contributed by atoms with Gasteiger partial charge in [-0.2, -0.15) is 0 Å². The fourth-order valence-electron chi connectivity index (χ4n) is 5.84. The maximum atomic E-state index is 13.3. The molecule has 1 heterocycles. The Hall–Kier alpha value is -2.36. The molecule has 0 aliphatic heterocycles. The molecular formula is C25H33N3O. The molecule has 1 aromatic heterocycles. The molecule has 0 saturated heterocycles. The van der Waals surface area contributed by atoms with Gasteiger partial charge in [-0.3, -0.25) is 15.6 Å². The van der Waals surface area contributed by atoms with Crippen LogP contribution < -0.4 is 10.9 Å². The number of fused-ring (bicyclic) bond motifs is 3. The van der Waals surface area contributed by atoms with Gasteiger partial charge in [0.2, 0.25) is 5.91 Å². The molecule has 154 valence electrons. The summed E-state index contributed by atoms with van der Waals surface area (Å²) in [7, 11) is 0. The van der Waals surface area contributed by atoms with Crippen LogP contribution in [-0.2, 0) is 16.6 Å². The molecule has 1 aromatic carbocycles. The van der Waals surface area contributed by atoms with E-state index in [1.54, 1.807) is 6.20 Å². The van der Waals surface area contributed by atoms with E-state index < -0.39 is 0 Å². The molecule has 4 rings (SSSR count). The van der Waals surface area contributed by atoms with Gasteiger partial charge in [0, 0.05) is 6.20 Å². The zero-order valence-corrected chi connectivity index (χ0v) is 18.1. The van der Waals surface area contributed by atoms with Crippen LogP contribution in [0.4, 0.5) is 5.82 Å². The monoisotopic (exact) mass is 391 g/mol. The van der Waals surface area contributed by atoms with Crippen LogP contribution in [0.25, 0.3) is 0 Å². The van der Waals surface area contributed by atoms with Crippen molar-refractivity contribution >= 4 is 11.7 Å². The van der Waals surface area contributed by atoms with E-state index in [-0.39, 0.29) is 16.7 Å². The number of carbonyl (C=O) groups excluding carboxylic acids is 1. The summed E-state index contributed by atoms with van der Waals surface area (Å²) in [6.07, 6.45) is 7.01. The predicted octanol–water partition coefficient (Wildman–Crippen LogP) is 5.36. The first-order chi connectivity index (χ1) is 13.8. The number of benzene rings is 1. The van der Waals surface area contributed by atoms with E-state index in [1.807, 2.05) is 18.2 Å². The van der Waals surface area contributed by atoms with Crippen molar-refractivity contribution in [1.82, 2.24) is 10.4 Å². The number of anilines is 1. The first-order valence-electron chi connectivity index (χ1n) is 11.0. The first kappa shape index (κ1) is 19.9. The molecule has 1 fully saturated rings. The number of carbonyl (C=O) groups is 1. The average Bonchev–Trinajstić information content (AvgIpc) is 2.72. The van der Waals surface area contributed by atoms with Gasteiger partial charge in [0.25, 0.3) is 0 Å². The number of aryl methyl sites for hydroxylation is 1. The Morgan fingerprint density at radius 1 is 1.17 bits per heavy atom. The van der Waals surface area contributed by atoms with Gasteiger partial charge in [0.05, 0.1) is 5.41 Å². The molecule has 1 amide bonds. The van der Waals surface area contributed by atoms with Crippen molar-refractivity contribution in [2.75, 3.05) is 5.43 Å². The lowest BCUT2D eigenvalue weighted by atomic mass is 9.49. The third-order valence-corrected chi connectivity index (χ3v) is 7.53. The maximum Gasteiger partial charge on any atom is 0.244 e. The topological polar surface area (TPSA) is 54.0 Å². The van der Waals surface area contributed by atoms with Crippen molar-refractivity contribution in [1.29, 1.82) is 0 Å². The lowest BCUT2D eigenvalue weighted by molar-refractivity contribution is -0.138. The molecule has 3 atom stereocenters. The van der Waals surface area contributed by atoms with Crippen molar-refractivity contribution < 1.29 is 4.79 Å². The second-order valence-electron chi connectivity index (χ2n) is 9.65. The van der Waals surface area contributed by atoms with E-state index >= 15 is 0 Å². The fourth-order valence-corrected chi connectivity index (χ4v) is 5.84. The van der Waals surface area contributed by atoms with E-state index in [1.165, 1.54) is 16.7 Å². The Morgan fingerprint density at radius 2 is 2.00 bits per heavy atom. The zero-order valence-electron chi connectivity index (χ0n) is 18.1. The standard InChI is InChI=1S/C25H33N3O/c1-17(2)18-9-11-20-19(16-18)10-12-21-24(20,3)13-7-14-25(21,4)23(29)28-27-22-8-5-6-15-26-22/h5-6,8-9,11,15-17,21H,7,10,12-14H2,1-4H3,(H,26,27)(H,28,29)/t21-,24-,25-/m1/s1. The van der Waals surface area contributed by atoms with Crippen molar-refractivity contribution in [2.45, 2.75) is 71.1 Å². The Bertz CT molecular complexity index is 894. The van der Waals surface area contributed by atoms with Crippen LogP contribution in [0.2, 0.25) is 0 Å². The highest BCUT2D eigenvalue weighted by Gasteiger charge is 2.55. The summed E-state index contributed by atoms with van der Waals surface area (Å²) in [5, 5.41) is 0. The number of nitrogens with zero attached hydrogens (tertiary/aromatic N) is 1. The summed E-state index contributed by atoms with van der Waals surface area (Å²) in [6.45, 7) is 9.07. The highest BCUT2D eigenvalue weighted by molar-refractivity contribution is 5.84. The number of pyridine rings is 1. The normalized spacial score (nSPS) is 28.4. The molecule has 4 heteroatoms. The van der Waals surface area contributed by atoms with Crippen LogP contribution in [0.5, 0.6) is 0 Å². The molecule has 2 aliphatic carbocycles. The molecule has 2 N–H and O–H groups in total. The lowest BCUT2D eigenvalue weighted by Crippen LogP contribution is -2.56. The molecule has 29 heavy (non-hydrogen) atoms. The van der Waals surface area contributed by atoms with E-state index in [0.717, 1.165) is 32.1 Å². The second kappa shape index (κ2) is 7.47. The van der Waals surface area contributed by atoms with Crippen LogP contribution in [0.3, 0.4) is 0 Å². The summed E-state index contributed by atoms with van der Waals surface area (Å²) in [4.78, 5) is 17.6. The maximum absolute atomic E-state index is 13.3. The molecule has 2 aliphatic rings. The van der Waals surface area contributed by atoms with Crippen LogP contribution in [0.15, 0.2) is 42.6 Å². The van der Waals surface area contributed by atoms with E-state index in [0.29, 0.717) is 17.7 Å². The number of rotatable bonds is 4. The van der Waals surface area contributed by atoms with E-state index in [2.05, 4.69) is 61.7 Å². The molecule has 0 bridgehead atoms. The Kier molecular flexibility index (Phi) is 5.14. The number of hydrogen-bond donors (Lipinski definition) is 2. The van der Waals surface area contributed by atoms with Gasteiger partial charge in [-0.15, -0.1) is 0 Å². The van der Waals surface area contributed by atoms with E-state index in [4.69, 9.17) is 0 Å². The average molecular weight is 392 g/mol. The molecule has 4 nitrogen and oxygen atoms in total. The van der Waals surface area contributed by atoms with Crippen LogP contribution in [-0.4, -0.2) is 10.9 Å². The minimum absolute atomic E-state index is 0.0540. The van der Waals surface area contributed by atoms with Crippen molar-refractivity contribution in [3.63, 3.8) is 0 Å². The van der Waals surface area contributed by atoms with Crippen LogP contribution in [0, 0.1) is 11.3 Å². The molecule has 2 aromatic rings. The quantitative estimate of drug-likeness (QED) is 0.690. The SMILES string of the molecule is CC(C)c1ccc2c(c1)CC[C@H]1[C@](C)(C(=O)NNc3ccccn3)CCC[C@]21C.